The van der Waals surface area contributed by atoms with E-state index >= 15 is 0 Å². The molecular formula is C55H106O17P2. The van der Waals surface area contributed by atoms with E-state index in [-0.39, 0.29) is 25.7 Å². The average molecular weight is 1100 g/mol. The quantitative estimate of drug-likeness (QED) is 0.0222. The number of phosphoric acid groups is 2. The van der Waals surface area contributed by atoms with Crippen molar-refractivity contribution in [3.63, 3.8) is 0 Å². The fourth-order valence-electron chi connectivity index (χ4n) is 7.94. The van der Waals surface area contributed by atoms with E-state index in [0.717, 1.165) is 108 Å². The van der Waals surface area contributed by atoms with Crippen LogP contribution in [0.2, 0.25) is 0 Å². The molecule has 3 N–H and O–H groups in total. The Morgan fingerprint density at radius 1 is 0.365 bits per heavy atom. The lowest BCUT2D eigenvalue weighted by atomic mass is 10.0. The minimum Gasteiger partial charge on any atom is -0.462 e. The van der Waals surface area contributed by atoms with E-state index in [4.69, 9.17) is 37.0 Å². The third-order valence-electron chi connectivity index (χ3n) is 12.5. The average Bonchev–Trinajstić information content (AvgIpc) is 3.35. The minimum absolute atomic E-state index is 0.0983. The third kappa shape index (κ3) is 49.6. The van der Waals surface area contributed by atoms with Crippen LogP contribution in [0.5, 0.6) is 0 Å². The lowest BCUT2D eigenvalue weighted by Crippen LogP contribution is -2.30. The van der Waals surface area contributed by atoms with E-state index in [9.17, 15) is 43.2 Å². The second kappa shape index (κ2) is 48.2. The standard InChI is InChI=1S/C55H106O17P2/c1-7-9-11-23-31-37-52(57)65-43-50(71-54(59)39-33-24-12-10-8-2)45-69-73(61,62)67-41-49(56)42-68-74(63,64)70-46-51(44-66-53(58)38-32-27-21-18-17-20-26-30-36-48(5)6)72-55(60)40-34-28-22-16-14-13-15-19-25-29-35-47(3)4/h47-51,56H,7-46H2,1-6H3,(H,61,62)(H,63,64)/t49-,50+,51+/m0/s1. The first-order valence-corrected chi connectivity index (χ1v) is 32.0. The maximum absolute atomic E-state index is 12.9. The fraction of sp³-hybridized carbons (Fsp3) is 0.927. The number of hydrogen-bond donors (Lipinski definition) is 3. The van der Waals surface area contributed by atoms with Gasteiger partial charge in [0.05, 0.1) is 26.4 Å². The molecule has 74 heavy (non-hydrogen) atoms. The minimum atomic E-state index is -4.93. The number of aliphatic hydroxyl groups is 1. The summed E-state index contributed by atoms with van der Waals surface area (Å²) in [5.74, 6) is -0.691. The lowest BCUT2D eigenvalue weighted by molar-refractivity contribution is -0.161. The van der Waals surface area contributed by atoms with Crippen molar-refractivity contribution in [1.29, 1.82) is 0 Å². The van der Waals surface area contributed by atoms with E-state index in [1.807, 2.05) is 0 Å². The molecule has 0 saturated heterocycles. The Labute approximate surface area is 447 Å². The van der Waals surface area contributed by atoms with Crippen molar-refractivity contribution in [3.8, 4) is 0 Å². The molecule has 0 aliphatic heterocycles. The maximum Gasteiger partial charge on any atom is 0.472 e. The van der Waals surface area contributed by atoms with Crippen molar-refractivity contribution in [3.05, 3.63) is 0 Å². The molecule has 2 unspecified atom stereocenters. The zero-order valence-corrected chi connectivity index (χ0v) is 48.9. The molecule has 5 atom stereocenters. The summed E-state index contributed by atoms with van der Waals surface area (Å²) in [6, 6.07) is 0. The first-order valence-electron chi connectivity index (χ1n) is 29.0. The van der Waals surface area contributed by atoms with Gasteiger partial charge in [-0.15, -0.1) is 0 Å². The number of aliphatic hydroxyl groups excluding tert-OH is 1. The van der Waals surface area contributed by atoms with Crippen LogP contribution < -0.4 is 0 Å². The fourth-order valence-corrected chi connectivity index (χ4v) is 9.52. The van der Waals surface area contributed by atoms with Gasteiger partial charge in [-0.1, -0.05) is 208 Å². The van der Waals surface area contributed by atoms with Gasteiger partial charge in [0.25, 0.3) is 0 Å². The van der Waals surface area contributed by atoms with E-state index in [2.05, 4.69) is 41.5 Å². The topological polar surface area (TPSA) is 237 Å². The smallest absolute Gasteiger partial charge is 0.462 e. The van der Waals surface area contributed by atoms with Gasteiger partial charge in [0, 0.05) is 25.7 Å². The first-order chi connectivity index (χ1) is 35.4. The molecule has 0 fully saturated rings. The van der Waals surface area contributed by atoms with Crippen molar-refractivity contribution < 1.29 is 80.2 Å². The molecule has 438 valence electrons. The molecule has 0 heterocycles. The number of unbranched alkanes of at least 4 members (excludes halogenated alkanes) is 24. The van der Waals surface area contributed by atoms with Gasteiger partial charge in [0.15, 0.2) is 12.2 Å². The molecule has 0 aromatic carbocycles. The molecule has 0 amide bonds. The predicted octanol–water partition coefficient (Wildman–Crippen LogP) is 14.1. The van der Waals surface area contributed by atoms with Gasteiger partial charge >= 0.3 is 39.5 Å². The summed E-state index contributed by atoms with van der Waals surface area (Å²) in [5.41, 5.74) is 0. The molecule has 0 aromatic rings. The molecule has 0 bridgehead atoms. The Balaban J connectivity index is 5.15. The second-order valence-electron chi connectivity index (χ2n) is 20.9. The number of ether oxygens (including phenoxy) is 4. The van der Waals surface area contributed by atoms with Gasteiger partial charge in [-0.25, -0.2) is 9.13 Å². The van der Waals surface area contributed by atoms with Gasteiger partial charge in [0.1, 0.15) is 19.3 Å². The van der Waals surface area contributed by atoms with Crippen molar-refractivity contribution in [1.82, 2.24) is 0 Å². The third-order valence-corrected chi connectivity index (χ3v) is 14.4. The summed E-state index contributed by atoms with van der Waals surface area (Å²) in [7, 11) is -9.85. The monoisotopic (exact) mass is 1100 g/mol. The van der Waals surface area contributed by atoms with E-state index < -0.39 is 97.5 Å². The highest BCUT2D eigenvalue weighted by atomic mass is 31.2. The highest BCUT2D eigenvalue weighted by Gasteiger charge is 2.30. The summed E-state index contributed by atoms with van der Waals surface area (Å²) in [6.45, 7) is 9.19. The SMILES string of the molecule is CCCCCCCC(=O)OC[C@H](COP(=O)(O)OC[C@H](O)COP(=O)(O)OC[C@@H](COC(=O)CCCCCCCCCCC(C)C)OC(=O)CCCCCCCCCCCCC(C)C)OC(=O)CCCCCCC. The number of rotatable bonds is 54. The van der Waals surface area contributed by atoms with Crippen LogP contribution in [0.1, 0.15) is 260 Å². The predicted molar refractivity (Wildman–Crippen MR) is 289 cm³/mol. The number of phosphoric ester groups is 2. The molecule has 0 radical (unpaired) electrons. The molecule has 0 aliphatic rings. The molecule has 19 heteroatoms. The Bertz CT molecular complexity index is 1480. The Kier molecular flexibility index (Phi) is 46.9. The van der Waals surface area contributed by atoms with Crippen molar-refractivity contribution in [2.45, 2.75) is 278 Å². The van der Waals surface area contributed by atoms with Crippen molar-refractivity contribution >= 4 is 39.5 Å². The summed E-state index contributed by atoms with van der Waals surface area (Å²) in [6.07, 6.45) is 27.4. The molecule has 0 aliphatic carbocycles. The van der Waals surface area contributed by atoms with Gasteiger partial charge in [-0.3, -0.25) is 37.3 Å². The maximum atomic E-state index is 12.9. The van der Waals surface area contributed by atoms with Crippen LogP contribution in [0, 0.1) is 11.8 Å². The van der Waals surface area contributed by atoms with Gasteiger partial charge in [0.2, 0.25) is 0 Å². The van der Waals surface area contributed by atoms with Gasteiger partial charge in [-0.05, 0) is 37.5 Å². The molecule has 0 spiro atoms. The number of hydrogen-bond acceptors (Lipinski definition) is 15. The Morgan fingerprint density at radius 2 is 0.622 bits per heavy atom. The normalized spacial score (nSPS) is 14.6. The van der Waals surface area contributed by atoms with Crippen LogP contribution in [0.25, 0.3) is 0 Å². The largest absolute Gasteiger partial charge is 0.472 e. The van der Waals surface area contributed by atoms with Crippen LogP contribution in [0.4, 0.5) is 0 Å². The zero-order valence-electron chi connectivity index (χ0n) is 47.1. The van der Waals surface area contributed by atoms with E-state index in [0.29, 0.717) is 25.7 Å². The summed E-state index contributed by atoms with van der Waals surface area (Å²) < 4.78 is 67.2. The summed E-state index contributed by atoms with van der Waals surface area (Å²) in [5, 5.41) is 10.4. The van der Waals surface area contributed by atoms with Crippen LogP contribution in [-0.2, 0) is 65.4 Å². The highest BCUT2D eigenvalue weighted by molar-refractivity contribution is 7.47. The molecule has 17 nitrogen and oxygen atoms in total. The Hall–Kier alpha value is -1.94. The van der Waals surface area contributed by atoms with Crippen molar-refractivity contribution in [2.75, 3.05) is 39.6 Å². The molecule has 0 aromatic heterocycles. The summed E-state index contributed by atoms with van der Waals surface area (Å²) >= 11 is 0. The van der Waals surface area contributed by atoms with Gasteiger partial charge in [-0.2, -0.15) is 0 Å². The van der Waals surface area contributed by atoms with Crippen molar-refractivity contribution in [2.24, 2.45) is 11.8 Å². The molecule has 0 saturated carbocycles. The number of carbonyl (C=O) groups is 4. The first kappa shape index (κ1) is 72.1. The van der Waals surface area contributed by atoms with Crippen LogP contribution in [-0.4, -0.2) is 96.7 Å². The van der Waals surface area contributed by atoms with Crippen LogP contribution in [0.3, 0.4) is 0 Å². The van der Waals surface area contributed by atoms with Crippen LogP contribution >= 0.6 is 15.6 Å². The highest BCUT2D eigenvalue weighted by Crippen LogP contribution is 2.45. The number of esters is 4. The molecule has 0 rings (SSSR count). The molecular weight excluding hydrogens is 995 g/mol. The summed E-state index contributed by atoms with van der Waals surface area (Å²) in [4.78, 5) is 71.3. The van der Waals surface area contributed by atoms with Gasteiger partial charge < -0.3 is 33.8 Å². The van der Waals surface area contributed by atoms with E-state index in [1.165, 1.54) is 70.6 Å². The number of carbonyl (C=O) groups excluding carboxylic acids is 4. The lowest BCUT2D eigenvalue weighted by Gasteiger charge is -2.21. The van der Waals surface area contributed by atoms with Crippen LogP contribution in [0.15, 0.2) is 0 Å². The zero-order chi connectivity index (χ0) is 55.1. The Morgan fingerprint density at radius 3 is 0.919 bits per heavy atom. The van der Waals surface area contributed by atoms with E-state index in [1.54, 1.807) is 0 Å². The second-order valence-corrected chi connectivity index (χ2v) is 23.8.